The number of morpholine rings is 1. The van der Waals surface area contributed by atoms with Gasteiger partial charge in [-0.2, -0.15) is 0 Å². The molecule has 170 valence electrons. The predicted octanol–water partition coefficient (Wildman–Crippen LogP) is 4.84. The molecule has 1 aliphatic rings. The number of hydrogen-bond donors (Lipinski definition) is 0. The number of ketones is 1. The van der Waals surface area contributed by atoms with E-state index >= 15 is 0 Å². The van der Waals surface area contributed by atoms with Crippen LogP contribution in [0.25, 0.3) is 6.08 Å². The van der Waals surface area contributed by atoms with Crippen LogP contribution in [0.1, 0.15) is 23.0 Å². The number of aromatic nitrogens is 1. The number of allylic oxidation sites excluding steroid dienone is 1. The van der Waals surface area contributed by atoms with Gasteiger partial charge in [0.1, 0.15) is 11.6 Å². The van der Waals surface area contributed by atoms with Crippen molar-refractivity contribution in [1.82, 2.24) is 4.98 Å². The molecule has 6 nitrogen and oxygen atoms in total. The van der Waals surface area contributed by atoms with Gasteiger partial charge in [-0.05, 0) is 42.5 Å². The fourth-order valence-corrected chi connectivity index (χ4v) is 4.32. The molecule has 4 rings (SSSR count). The highest BCUT2D eigenvalue weighted by Gasteiger charge is 2.21. The number of hydrogen-bond acceptors (Lipinski definition) is 6. The average molecular weight is 470 g/mol. The third-order valence-electron chi connectivity index (χ3n) is 5.10. The Hall–Kier alpha value is -3.43. The zero-order chi connectivity index (χ0) is 23.4. The zero-order valence-corrected chi connectivity index (χ0v) is 18.6. The van der Waals surface area contributed by atoms with Crippen molar-refractivity contribution in [1.29, 1.82) is 0 Å². The van der Waals surface area contributed by atoms with E-state index in [4.69, 9.17) is 4.74 Å². The van der Waals surface area contributed by atoms with Gasteiger partial charge in [0.25, 0.3) is 0 Å². The Bertz CT molecular complexity index is 1210. The third kappa shape index (κ3) is 5.15. The van der Waals surface area contributed by atoms with Crippen molar-refractivity contribution in [3.63, 3.8) is 0 Å². The van der Waals surface area contributed by atoms with Crippen LogP contribution in [-0.4, -0.2) is 43.0 Å². The average Bonchev–Trinajstić information content (AvgIpc) is 3.27. The van der Waals surface area contributed by atoms with Crippen molar-refractivity contribution in [3.05, 3.63) is 76.8 Å². The van der Waals surface area contributed by atoms with Crippen LogP contribution in [0.3, 0.4) is 0 Å². The molecule has 0 N–H and O–H groups in total. The number of carbonyl (C=O) groups excluding carboxylic acids is 2. The molecule has 1 aliphatic heterocycles. The summed E-state index contributed by atoms with van der Waals surface area (Å²) >= 11 is 1.15. The van der Waals surface area contributed by atoms with Gasteiger partial charge in [-0.15, -0.1) is 11.3 Å². The maximum atomic E-state index is 14.6. The molecule has 33 heavy (non-hydrogen) atoms. The van der Waals surface area contributed by atoms with Gasteiger partial charge in [0.15, 0.2) is 10.9 Å². The SMILES string of the molecule is CC(=O)N(c1nc(C=CC(=O)c2ccc(N3CCOCC3)c(F)c2)cs1)c1ccccc1F. The summed E-state index contributed by atoms with van der Waals surface area (Å²) in [5.74, 6) is -1.78. The largest absolute Gasteiger partial charge is 0.378 e. The van der Waals surface area contributed by atoms with Gasteiger partial charge in [0.05, 0.1) is 30.3 Å². The predicted molar refractivity (Wildman–Crippen MR) is 124 cm³/mol. The monoisotopic (exact) mass is 469 g/mol. The Morgan fingerprint density at radius 2 is 1.88 bits per heavy atom. The van der Waals surface area contributed by atoms with E-state index in [-0.39, 0.29) is 22.2 Å². The zero-order valence-electron chi connectivity index (χ0n) is 17.8. The van der Waals surface area contributed by atoms with E-state index in [1.807, 2.05) is 4.90 Å². The van der Waals surface area contributed by atoms with Gasteiger partial charge in [-0.3, -0.25) is 14.5 Å². The van der Waals surface area contributed by atoms with E-state index in [0.717, 1.165) is 11.3 Å². The van der Waals surface area contributed by atoms with Crippen LogP contribution in [0.2, 0.25) is 0 Å². The molecular weight excluding hydrogens is 448 g/mol. The number of anilines is 3. The quantitative estimate of drug-likeness (QED) is 0.382. The minimum Gasteiger partial charge on any atom is -0.378 e. The van der Waals surface area contributed by atoms with Crippen molar-refractivity contribution in [2.75, 3.05) is 36.1 Å². The maximum absolute atomic E-state index is 14.6. The lowest BCUT2D eigenvalue weighted by Crippen LogP contribution is -2.36. The second-order valence-corrected chi connectivity index (χ2v) is 8.16. The Labute approximate surface area is 193 Å². The molecule has 0 unspecified atom stereocenters. The summed E-state index contributed by atoms with van der Waals surface area (Å²) in [5, 5.41) is 1.93. The molecule has 2 heterocycles. The van der Waals surface area contributed by atoms with Crippen LogP contribution in [0, 0.1) is 11.6 Å². The number of ether oxygens (including phenoxy) is 1. The summed E-state index contributed by atoms with van der Waals surface area (Å²) < 4.78 is 34.1. The minimum atomic E-state index is -0.544. The number of thiazole rings is 1. The van der Waals surface area contributed by atoms with Gasteiger partial charge in [-0.1, -0.05) is 12.1 Å². The molecule has 1 saturated heterocycles. The molecule has 0 saturated carbocycles. The molecule has 2 aromatic carbocycles. The second kappa shape index (κ2) is 10.0. The number of para-hydroxylation sites is 1. The number of rotatable bonds is 6. The van der Waals surface area contributed by atoms with Crippen molar-refractivity contribution >= 4 is 45.6 Å². The summed E-state index contributed by atoms with van der Waals surface area (Å²) in [6.07, 6.45) is 2.78. The molecule has 0 spiro atoms. The number of carbonyl (C=O) groups is 2. The third-order valence-corrected chi connectivity index (χ3v) is 5.94. The van der Waals surface area contributed by atoms with E-state index in [2.05, 4.69) is 4.98 Å². The van der Waals surface area contributed by atoms with E-state index in [1.165, 1.54) is 48.2 Å². The Balaban J connectivity index is 1.49. The number of benzene rings is 2. The van der Waals surface area contributed by atoms with Crippen LogP contribution in [0.15, 0.2) is 53.9 Å². The van der Waals surface area contributed by atoms with Crippen LogP contribution < -0.4 is 9.80 Å². The van der Waals surface area contributed by atoms with E-state index < -0.39 is 17.5 Å². The first kappa shape index (κ1) is 22.8. The molecule has 0 radical (unpaired) electrons. The second-order valence-electron chi connectivity index (χ2n) is 7.32. The van der Waals surface area contributed by atoms with Gasteiger partial charge >= 0.3 is 0 Å². The summed E-state index contributed by atoms with van der Waals surface area (Å²) in [4.78, 5) is 32.1. The number of amides is 1. The summed E-state index contributed by atoms with van der Waals surface area (Å²) in [5.41, 5.74) is 1.19. The van der Waals surface area contributed by atoms with Gasteiger partial charge < -0.3 is 9.64 Å². The molecule has 3 aromatic rings. The Morgan fingerprint density at radius 3 is 2.58 bits per heavy atom. The lowest BCUT2D eigenvalue weighted by Gasteiger charge is -2.29. The number of halogens is 2. The van der Waals surface area contributed by atoms with Gasteiger partial charge in [0.2, 0.25) is 5.91 Å². The van der Waals surface area contributed by atoms with Crippen molar-refractivity contribution in [2.45, 2.75) is 6.92 Å². The molecular formula is C24H21F2N3O3S. The smallest absolute Gasteiger partial charge is 0.230 e. The first-order valence-corrected chi connectivity index (χ1v) is 11.2. The van der Waals surface area contributed by atoms with E-state index in [9.17, 15) is 18.4 Å². The normalized spacial score (nSPS) is 14.0. The topological polar surface area (TPSA) is 62.7 Å². The highest BCUT2D eigenvalue weighted by molar-refractivity contribution is 7.14. The molecule has 0 atom stereocenters. The summed E-state index contributed by atoms with van der Waals surface area (Å²) in [7, 11) is 0. The summed E-state index contributed by atoms with van der Waals surface area (Å²) in [6.45, 7) is 3.59. The van der Waals surface area contributed by atoms with Crippen LogP contribution in [0.4, 0.5) is 25.3 Å². The highest BCUT2D eigenvalue weighted by Crippen LogP contribution is 2.31. The Kier molecular flexibility index (Phi) is 6.90. The van der Waals surface area contributed by atoms with E-state index in [1.54, 1.807) is 23.6 Å². The molecule has 0 aliphatic carbocycles. The Morgan fingerprint density at radius 1 is 1.12 bits per heavy atom. The summed E-state index contributed by atoms with van der Waals surface area (Å²) in [6, 6.07) is 10.3. The van der Waals surface area contributed by atoms with Crippen LogP contribution in [-0.2, 0) is 9.53 Å². The standard InChI is InChI=1S/C24H21F2N3O3S/c1-16(30)29(22-5-3-2-4-19(22)25)24-27-18(15-33-24)7-9-23(31)17-6-8-21(20(26)14-17)28-10-12-32-13-11-28/h2-9,14-15H,10-13H2,1H3. The van der Waals surface area contributed by atoms with Gasteiger partial charge in [0, 0.05) is 31.0 Å². The van der Waals surface area contributed by atoms with Crippen LogP contribution >= 0.6 is 11.3 Å². The van der Waals surface area contributed by atoms with E-state index in [0.29, 0.717) is 37.7 Å². The fraction of sp³-hybridized carbons (Fsp3) is 0.208. The van der Waals surface area contributed by atoms with Crippen molar-refractivity contribution in [2.24, 2.45) is 0 Å². The lowest BCUT2D eigenvalue weighted by atomic mass is 10.1. The number of nitrogens with zero attached hydrogens (tertiary/aromatic N) is 3. The lowest BCUT2D eigenvalue weighted by molar-refractivity contribution is -0.115. The molecule has 1 aromatic heterocycles. The van der Waals surface area contributed by atoms with Crippen molar-refractivity contribution < 1.29 is 23.1 Å². The van der Waals surface area contributed by atoms with Gasteiger partial charge in [-0.25, -0.2) is 13.8 Å². The van der Waals surface area contributed by atoms with Crippen LogP contribution in [0.5, 0.6) is 0 Å². The highest BCUT2D eigenvalue weighted by atomic mass is 32.1. The molecule has 0 bridgehead atoms. The fourth-order valence-electron chi connectivity index (χ4n) is 3.47. The first-order valence-electron chi connectivity index (χ1n) is 10.3. The maximum Gasteiger partial charge on any atom is 0.230 e. The molecule has 1 amide bonds. The van der Waals surface area contributed by atoms with Crippen molar-refractivity contribution in [3.8, 4) is 0 Å². The molecule has 1 fully saturated rings. The molecule has 9 heteroatoms. The first-order chi connectivity index (χ1) is 15.9. The minimum absolute atomic E-state index is 0.0989.